The van der Waals surface area contributed by atoms with Gasteiger partial charge in [0.25, 0.3) is 0 Å². The number of azide groups is 1. The van der Waals surface area contributed by atoms with Crippen molar-refractivity contribution in [2.75, 3.05) is 6.61 Å². The summed E-state index contributed by atoms with van der Waals surface area (Å²) in [5.41, 5.74) is 12.3. The van der Waals surface area contributed by atoms with Gasteiger partial charge in [0, 0.05) is 4.91 Å². The first-order valence-electron chi connectivity index (χ1n) is 9.41. The molecular formula is C18H36N4O2. The minimum Gasteiger partial charge on any atom is -0.394 e. The van der Waals surface area contributed by atoms with Gasteiger partial charge >= 0.3 is 0 Å². The van der Waals surface area contributed by atoms with Gasteiger partial charge in [0.05, 0.1) is 12.7 Å². The molecule has 0 rings (SSSR count). The molecule has 0 heterocycles. The average Bonchev–Trinajstić information content (AvgIpc) is 2.58. The predicted octanol–water partition coefficient (Wildman–Crippen LogP) is 4.56. The summed E-state index contributed by atoms with van der Waals surface area (Å²) in [5.74, 6) is 0. The minimum atomic E-state index is -1.68. The van der Waals surface area contributed by atoms with E-state index in [2.05, 4.69) is 16.9 Å². The maximum absolute atomic E-state index is 9.84. The lowest BCUT2D eigenvalue weighted by molar-refractivity contribution is 0.0780. The third-order valence-electron chi connectivity index (χ3n) is 4.29. The van der Waals surface area contributed by atoms with Gasteiger partial charge < -0.3 is 15.9 Å². The van der Waals surface area contributed by atoms with Crippen molar-refractivity contribution >= 4 is 0 Å². The zero-order valence-corrected chi connectivity index (χ0v) is 15.2. The first kappa shape index (κ1) is 22.9. The van der Waals surface area contributed by atoms with Crippen LogP contribution >= 0.6 is 0 Å². The molecule has 4 N–H and O–H groups in total. The summed E-state index contributed by atoms with van der Waals surface area (Å²) in [4.78, 5) is 2.56. The van der Waals surface area contributed by atoms with E-state index in [0.717, 1.165) is 12.8 Å². The van der Waals surface area contributed by atoms with Crippen LogP contribution in [0.2, 0.25) is 0 Å². The number of nitrogens with two attached hydrogens (primary N) is 1. The topological polar surface area (TPSA) is 115 Å². The zero-order chi connectivity index (χ0) is 18.1. The molecule has 0 amide bonds. The molecule has 2 atom stereocenters. The van der Waals surface area contributed by atoms with Crippen LogP contribution in [0.3, 0.4) is 0 Å². The lowest BCUT2D eigenvalue weighted by Crippen LogP contribution is -2.51. The van der Waals surface area contributed by atoms with Crippen molar-refractivity contribution in [1.29, 1.82) is 0 Å². The van der Waals surface area contributed by atoms with Gasteiger partial charge in [0.1, 0.15) is 5.66 Å². The fraction of sp³-hybridized carbons (Fsp3) is 0.889. The molecule has 0 aliphatic carbocycles. The van der Waals surface area contributed by atoms with Crippen molar-refractivity contribution in [3.8, 4) is 0 Å². The van der Waals surface area contributed by atoms with E-state index in [0.29, 0.717) is 0 Å². The Morgan fingerprint density at radius 1 is 1.04 bits per heavy atom. The van der Waals surface area contributed by atoms with E-state index in [1.54, 1.807) is 0 Å². The Labute approximate surface area is 146 Å². The third-order valence-corrected chi connectivity index (χ3v) is 4.29. The van der Waals surface area contributed by atoms with Crippen LogP contribution in [0.15, 0.2) is 17.3 Å². The Morgan fingerprint density at radius 2 is 1.54 bits per heavy atom. The molecule has 0 spiro atoms. The molecule has 0 aliphatic rings. The number of hydrogen-bond donors (Lipinski definition) is 3. The summed E-state index contributed by atoms with van der Waals surface area (Å²) in [6, 6.07) is 0. The number of nitrogens with zero attached hydrogens (tertiary/aromatic N) is 3. The lowest BCUT2D eigenvalue weighted by Gasteiger charge is -2.24. The van der Waals surface area contributed by atoms with Gasteiger partial charge in [0.15, 0.2) is 0 Å². The highest BCUT2D eigenvalue weighted by molar-refractivity contribution is 5.02. The van der Waals surface area contributed by atoms with Crippen LogP contribution in [0, 0.1) is 0 Å². The van der Waals surface area contributed by atoms with Crippen molar-refractivity contribution < 1.29 is 10.2 Å². The van der Waals surface area contributed by atoms with E-state index in [1.807, 2.05) is 6.08 Å². The van der Waals surface area contributed by atoms with Gasteiger partial charge in [-0.3, -0.25) is 0 Å². The van der Waals surface area contributed by atoms with Gasteiger partial charge in [-0.2, -0.15) is 0 Å². The van der Waals surface area contributed by atoms with Crippen molar-refractivity contribution in [1.82, 2.24) is 0 Å². The van der Waals surface area contributed by atoms with Crippen LogP contribution in [-0.4, -0.2) is 28.6 Å². The van der Waals surface area contributed by atoms with E-state index in [9.17, 15) is 5.11 Å². The second-order valence-electron chi connectivity index (χ2n) is 6.54. The second-order valence-corrected chi connectivity index (χ2v) is 6.54. The van der Waals surface area contributed by atoms with E-state index >= 15 is 0 Å². The zero-order valence-electron chi connectivity index (χ0n) is 15.2. The lowest BCUT2D eigenvalue weighted by atomic mass is 10.0. The molecule has 0 aromatic heterocycles. The monoisotopic (exact) mass is 340 g/mol. The molecule has 0 aromatic rings. The molecule has 24 heavy (non-hydrogen) atoms. The molecule has 2 unspecified atom stereocenters. The normalized spacial score (nSPS) is 15.2. The highest BCUT2D eigenvalue weighted by Gasteiger charge is 2.30. The Kier molecular flexibility index (Phi) is 14.8. The Morgan fingerprint density at radius 3 is 2.00 bits per heavy atom. The molecule has 6 nitrogen and oxygen atoms in total. The standard InChI is InChI=1S/C18H36N4O2/c1-2-3-4-5-6-7-8-9-10-11-12-13-14-15-17(24)18(19,16-23)21-22-20/h14-15,17,23-24H,2-13,16,19H2,1H3. The number of aliphatic hydroxyl groups is 2. The van der Waals surface area contributed by atoms with Crippen LogP contribution in [0.1, 0.15) is 84.0 Å². The molecule has 0 aromatic carbocycles. The van der Waals surface area contributed by atoms with E-state index in [4.69, 9.17) is 16.4 Å². The fourth-order valence-corrected chi connectivity index (χ4v) is 2.59. The number of allylic oxidation sites excluding steroid dienone is 1. The molecule has 6 heteroatoms. The summed E-state index contributed by atoms with van der Waals surface area (Å²) in [5, 5.41) is 22.2. The number of aliphatic hydroxyl groups excluding tert-OH is 2. The van der Waals surface area contributed by atoms with Gasteiger partial charge in [-0.25, -0.2) is 0 Å². The number of hydrogen-bond acceptors (Lipinski definition) is 4. The largest absolute Gasteiger partial charge is 0.394 e. The van der Waals surface area contributed by atoms with Crippen molar-refractivity contribution in [3.05, 3.63) is 22.6 Å². The Hall–Kier alpha value is -1.07. The van der Waals surface area contributed by atoms with Crippen molar-refractivity contribution in [2.24, 2.45) is 10.8 Å². The van der Waals surface area contributed by atoms with Crippen LogP contribution in [0.5, 0.6) is 0 Å². The summed E-state index contributed by atoms with van der Waals surface area (Å²) >= 11 is 0. The van der Waals surface area contributed by atoms with Gasteiger partial charge in [-0.1, -0.05) is 88.4 Å². The average molecular weight is 341 g/mol. The molecule has 0 saturated heterocycles. The molecule has 0 aliphatic heterocycles. The number of rotatable bonds is 16. The maximum Gasteiger partial charge on any atom is 0.148 e. The minimum absolute atomic E-state index is 0.596. The quantitative estimate of drug-likeness (QED) is 0.126. The fourth-order valence-electron chi connectivity index (χ4n) is 2.59. The Bertz CT molecular complexity index is 370. The SMILES string of the molecule is CCCCCCCCCCCCCC=CC(O)C(N)(CO)N=[N+]=[N-]. The number of unbranched alkanes of at least 4 members (excludes halogenated alkanes) is 11. The second kappa shape index (κ2) is 15.5. The predicted molar refractivity (Wildman–Crippen MR) is 99.4 cm³/mol. The third kappa shape index (κ3) is 11.5. The Balaban J connectivity index is 3.57. The van der Waals surface area contributed by atoms with Crippen molar-refractivity contribution in [3.63, 3.8) is 0 Å². The molecule has 0 bridgehead atoms. The van der Waals surface area contributed by atoms with Gasteiger partial charge in [-0.05, 0) is 18.4 Å². The smallest absolute Gasteiger partial charge is 0.148 e. The van der Waals surface area contributed by atoms with E-state index in [1.165, 1.54) is 70.3 Å². The van der Waals surface area contributed by atoms with Crippen LogP contribution < -0.4 is 5.73 Å². The molecule has 140 valence electrons. The molecule has 0 radical (unpaired) electrons. The summed E-state index contributed by atoms with van der Waals surface area (Å²) in [7, 11) is 0. The van der Waals surface area contributed by atoms with E-state index < -0.39 is 18.4 Å². The highest BCUT2D eigenvalue weighted by Crippen LogP contribution is 2.13. The maximum atomic E-state index is 9.84. The first-order valence-corrected chi connectivity index (χ1v) is 9.41. The highest BCUT2D eigenvalue weighted by atomic mass is 16.3. The van der Waals surface area contributed by atoms with Crippen LogP contribution in [-0.2, 0) is 0 Å². The summed E-state index contributed by atoms with van der Waals surface area (Å²) in [6.45, 7) is 1.65. The van der Waals surface area contributed by atoms with E-state index in [-0.39, 0.29) is 0 Å². The molecule has 0 saturated carbocycles. The summed E-state index contributed by atoms with van der Waals surface area (Å²) < 4.78 is 0. The molecule has 0 fully saturated rings. The molecular weight excluding hydrogens is 304 g/mol. The van der Waals surface area contributed by atoms with Crippen LogP contribution in [0.4, 0.5) is 0 Å². The first-order chi connectivity index (χ1) is 11.6. The van der Waals surface area contributed by atoms with Gasteiger partial charge in [0.2, 0.25) is 0 Å². The van der Waals surface area contributed by atoms with Crippen molar-refractivity contribution in [2.45, 2.75) is 95.7 Å². The van der Waals surface area contributed by atoms with Gasteiger partial charge in [-0.15, -0.1) is 0 Å². The van der Waals surface area contributed by atoms with Crippen LogP contribution in [0.25, 0.3) is 10.4 Å². The summed E-state index contributed by atoms with van der Waals surface area (Å²) in [6.07, 6.45) is 17.3.